The maximum Gasteiger partial charge on any atom is 0.271 e. The van der Waals surface area contributed by atoms with E-state index in [1.807, 2.05) is 0 Å². The summed E-state index contributed by atoms with van der Waals surface area (Å²) in [5.74, 6) is 0.473. The molecule has 0 aliphatic rings. The number of methoxy groups -OCH3 is 1. The topological polar surface area (TPSA) is 89.0 Å². The van der Waals surface area contributed by atoms with Crippen molar-refractivity contribution < 1.29 is 19.1 Å². The van der Waals surface area contributed by atoms with E-state index in [4.69, 9.17) is 21.1 Å². The summed E-state index contributed by atoms with van der Waals surface area (Å²) < 4.78 is 10.7. The van der Waals surface area contributed by atoms with Crippen LogP contribution in [0.2, 0.25) is 5.02 Å². The van der Waals surface area contributed by atoms with Crippen LogP contribution in [0.15, 0.2) is 77.9 Å². The van der Waals surface area contributed by atoms with Crippen molar-refractivity contribution in [1.82, 2.24) is 5.43 Å². The maximum atomic E-state index is 12.2. The van der Waals surface area contributed by atoms with Gasteiger partial charge in [-0.05, 0) is 60.7 Å². The second kappa shape index (κ2) is 10.8. The number of hydrazone groups is 1. The summed E-state index contributed by atoms with van der Waals surface area (Å²) >= 11 is 5.82. The van der Waals surface area contributed by atoms with Crippen LogP contribution in [0.3, 0.4) is 0 Å². The summed E-state index contributed by atoms with van der Waals surface area (Å²) in [4.78, 5) is 24.3. The quantitative estimate of drug-likeness (QED) is 0.409. The predicted molar refractivity (Wildman–Crippen MR) is 120 cm³/mol. The van der Waals surface area contributed by atoms with E-state index in [1.54, 1.807) is 79.9 Å². The number of hydrogen-bond acceptors (Lipinski definition) is 5. The van der Waals surface area contributed by atoms with Crippen molar-refractivity contribution in [3.05, 3.63) is 88.9 Å². The number of halogens is 1. The van der Waals surface area contributed by atoms with Crippen molar-refractivity contribution in [2.45, 2.75) is 0 Å². The van der Waals surface area contributed by atoms with Crippen LogP contribution in [0, 0.1) is 0 Å². The van der Waals surface area contributed by atoms with Crippen LogP contribution in [0.1, 0.15) is 15.9 Å². The number of carbonyl (C=O) groups excluding carboxylic acids is 2. The highest BCUT2D eigenvalue weighted by Gasteiger charge is 2.07. The highest BCUT2D eigenvalue weighted by Crippen LogP contribution is 2.17. The van der Waals surface area contributed by atoms with Gasteiger partial charge in [0.2, 0.25) is 0 Å². The highest BCUT2D eigenvalue weighted by atomic mass is 35.5. The van der Waals surface area contributed by atoms with Crippen LogP contribution in [0.4, 0.5) is 5.69 Å². The first-order valence-corrected chi connectivity index (χ1v) is 9.67. The summed E-state index contributed by atoms with van der Waals surface area (Å²) in [5, 5.41) is 7.25. The molecule has 2 N–H and O–H groups in total. The van der Waals surface area contributed by atoms with E-state index in [0.29, 0.717) is 33.3 Å². The second-order valence-corrected chi connectivity index (χ2v) is 6.75. The SMILES string of the molecule is COc1ccc(NC(=O)COc2ccccc2C=NNC(=O)c2ccc(Cl)cc2)cc1. The molecule has 0 aliphatic carbocycles. The molecule has 0 saturated carbocycles. The van der Waals surface area contributed by atoms with E-state index in [2.05, 4.69) is 15.8 Å². The summed E-state index contributed by atoms with van der Waals surface area (Å²) in [7, 11) is 1.57. The van der Waals surface area contributed by atoms with Gasteiger partial charge in [-0.1, -0.05) is 23.7 Å². The highest BCUT2D eigenvalue weighted by molar-refractivity contribution is 6.30. The Morgan fingerprint density at radius 3 is 2.42 bits per heavy atom. The van der Waals surface area contributed by atoms with Crippen molar-refractivity contribution in [3.8, 4) is 11.5 Å². The number of hydrogen-bond donors (Lipinski definition) is 2. The molecule has 0 aliphatic heterocycles. The zero-order valence-electron chi connectivity index (χ0n) is 16.7. The van der Waals surface area contributed by atoms with Crippen molar-refractivity contribution in [2.24, 2.45) is 5.10 Å². The molecule has 2 amide bonds. The van der Waals surface area contributed by atoms with Gasteiger partial charge in [-0.2, -0.15) is 5.10 Å². The molecule has 0 saturated heterocycles. The Labute approximate surface area is 184 Å². The number of nitrogens with zero attached hydrogens (tertiary/aromatic N) is 1. The van der Waals surface area contributed by atoms with E-state index in [-0.39, 0.29) is 18.4 Å². The van der Waals surface area contributed by atoms with Crippen molar-refractivity contribution in [3.63, 3.8) is 0 Å². The Morgan fingerprint density at radius 1 is 1.00 bits per heavy atom. The van der Waals surface area contributed by atoms with Gasteiger partial charge in [-0.3, -0.25) is 9.59 Å². The average molecular weight is 438 g/mol. The minimum atomic E-state index is -0.370. The van der Waals surface area contributed by atoms with Gasteiger partial charge in [0.05, 0.1) is 13.3 Å². The first kappa shape index (κ1) is 21.9. The molecule has 3 aromatic rings. The summed E-state index contributed by atoms with van der Waals surface area (Å²) in [6.45, 7) is -0.186. The lowest BCUT2D eigenvalue weighted by Gasteiger charge is -2.10. The Bertz CT molecular complexity index is 1070. The third-order valence-electron chi connectivity index (χ3n) is 4.13. The summed E-state index contributed by atoms with van der Waals surface area (Å²) in [6, 6.07) is 20.5. The number of carbonyl (C=O) groups is 2. The Morgan fingerprint density at radius 2 is 1.71 bits per heavy atom. The number of nitrogens with one attached hydrogen (secondary N) is 2. The lowest BCUT2D eigenvalue weighted by Crippen LogP contribution is -2.20. The Balaban J connectivity index is 1.55. The molecule has 0 bridgehead atoms. The molecular formula is C23H20ClN3O4. The van der Waals surface area contributed by atoms with Crippen LogP contribution >= 0.6 is 11.6 Å². The van der Waals surface area contributed by atoms with Crippen LogP contribution in [0.25, 0.3) is 0 Å². The smallest absolute Gasteiger partial charge is 0.271 e. The molecule has 3 aromatic carbocycles. The molecule has 158 valence electrons. The molecule has 0 radical (unpaired) electrons. The van der Waals surface area contributed by atoms with Gasteiger partial charge in [0.1, 0.15) is 11.5 Å². The first-order valence-electron chi connectivity index (χ1n) is 9.30. The van der Waals surface area contributed by atoms with E-state index in [9.17, 15) is 9.59 Å². The summed E-state index contributed by atoms with van der Waals surface area (Å²) in [5.41, 5.74) is 4.12. The fourth-order valence-corrected chi connectivity index (χ4v) is 2.69. The molecule has 3 rings (SSSR count). The van der Waals surface area contributed by atoms with E-state index in [0.717, 1.165) is 0 Å². The molecule has 31 heavy (non-hydrogen) atoms. The zero-order valence-corrected chi connectivity index (χ0v) is 17.4. The van der Waals surface area contributed by atoms with Crippen molar-refractivity contribution in [1.29, 1.82) is 0 Å². The van der Waals surface area contributed by atoms with Crippen LogP contribution in [-0.2, 0) is 4.79 Å². The first-order chi connectivity index (χ1) is 15.0. The van der Waals surface area contributed by atoms with Crippen LogP contribution in [-0.4, -0.2) is 31.7 Å². The lowest BCUT2D eigenvalue weighted by atomic mass is 10.2. The number of para-hydroxylation sites is 1. The van der Waals surface area contributed by atoms with Crippen LogP contribution < -0.4 is 20.2 Å². The lowest BCUT2D eigenvalue weighted by molar-refractivity contribution is -0.118. The summed E-state index contributed by atoms with van der Waals surface area (Å²) in [6.07, 6.45) is 1.45. The minimum absolute atomic E-state index is 0.186. The van der Waals surface area contributed by atoms with Gasteiger partial charge in [0, 0.05) is 21.8 Å². The zero-order chi connectivity index (χ0) is 22.1. The fraction of sp³-hybridized carbons (Fsp3) is 0.0870. The molecular weight excluding hydrogens is 418 g/mol. The largest absolute Gasteiger partial charge is 0.497 e. The molecule has 8 heteroatoms. The fourth-order valence-electron chi connectivity index (χ4n) is 2.56. The van der Waals surface area contributed by atoms with Crippen molar-refractivity contribution >= 4 is 35.3 Å². The van der Waals surface area contributed by atoms with Gasteiger partial charge < -0.3 is 14.8 Å². The Kier molecular flexibility index (Phi) is 7.61. The normalized spacial score (nSPS) is 10.5. The second-order valence-electron chi connectivity index (χ2n) is 6.31. The van der Waals surface area contributed by atoms with Crippen LogP contribution in [0.5, 0.6) is 11.5 Å². The molecule has 0 fully saturated rings. The third kappa shape index (κ3) is 6.58. The molecule has 7 nitrogen and oxygen atoms in total. The average Bonchev–Trinajstić information content (AvgIpc) is 2.79. The van der Waals surface area contributed by atoms with Gasteiger partial charge in [-0.25, -0.2) is 5.43 Å². The molecule has 0 aromatic heterocycles. The van der Waals surface area contributed by atoms with Gasteiger partial charge in [0.25, 0.3) is 11.8 Å². The standard InChI is InChI=1S/C23H20ClN3O4/c1-30-20-12-10-19(11-13-20)26-22(28)15-31-21-5-3-2-4-17(21)14-25-27-23(29)16-6-8-18(24)9-7-16/h2-14H,15H2,1H3,(H,26,28)(H,27,29). The minimum Gasteiger partial charge on any atom is -0.497 e. The number of rotatable bonds is 8. The number of amides is 2. The Hall–Kier alpha value is -3.84. The molecule has 0 spiro atoms. The van der Waals surface area contributed by atoms with Gasteiger partial charge in [-0.15, -0.1) is 0 Å². The molecule has 0 atom stereocenters. The predicted octanol–water partition coefficient (Wildman–Crippen LogP) is 4.13. The molecule has 0 heterocycles. The number of anilines is 1. The van der Waals surface area contributed by atoms with Crippen molar-refractivity contribution in [2.75, 3.05) is 19.0 Å². The number of ether oxygens (including phenoxy) is 2. The van der Waals surface area contributed by atoms with E-state index in [1.165, 1.54) is 6.21 Å². The van der Waals surface area contributed by atoms with E-state index < -0.39 is 0 Å². The number of benzene rings is 3. The molecule has 0 unspecified atom stereocenters. The van der Waals surface area contributed by atoms with Gasteiger partial charge >= 0.3 is 0 Å². The van der Waals surface area contributed by atoms with E-state index >= 15 is 0 Å². The maximum absolute atomic E-state index is 12.2. The van der Waals surface area contributed by atoms with Gasteiger partial charge in [0.15, 0.2) is 6.61 Å². The monoisotopic (exact) mass is 437 g/mol. The third-order valence-corrected chi connectivity index (χ3v) is 4.38.